The standard InChI is InChI=1S/C16H34O3/c1-16(2,19)14-15(18)12-10-8-6-4-3-5-7-9-11-13-17/h15,17-19H,3-14H2,1-2H3. The number of rotatable bonds is 13. The molecule has 0 saturated carbocycles. The van der Waals surface area contributed by atoms with Crippen LogP contribution in [-0.2, 0) is 0 Å². The van der Waals surface area contributed by atoms with Gasteiger partial charge in [-0.05, 0) is 26.7 Å². The van der Waals surface area contributed by atoms with Gasteiger partial charge in [0.15, 0.2) is 0 Å². The van der Waals surface area contributed by atoms with E-state index >= 15 is 0 Å². The summed E-state index contributed by atoms with van der Waals surface area (Å²) in [7, 11) is 0. The molecule has 0 heterocycles. The first-order valence-electron chi connectivity index (χ1n) is 7.97. The molecule has 0 bridgehead atoms. The van der Waals surface area contributed by atoms with Crippen LogP contribution in [0.5, 0.6) is 0 Å². The normalized spacial score (nSPS) is 13.7. The first-order chi connectivity index (χ1) is 8.95. The highest BCUT2D eigenvalue weighted by molar-refractivity contribution is 4.70. The van der Waals surface area contributed by atoms with Crippen molar-refractivity contribution in [3.8, 4) is 0 Å². The van der Waals surface area contributed by atoms with E-state index in [4.69, 9.17) is 5.11 Å². The molecule has 3 N–H and O–H groups in total. The lowest BCUT2D eigenvalue weighted by Crippen LogP contribution is -2.26. The van der Waals surface area contributed by atoms with E-state index in [2.05, 4.69) is 0 Å². The van der Waals surface area contributed by atoms with Crippen molar-refractivity contribution in [1.82, 2.24) is 0 Å². The van der Waals surface area contributed by atoms with Crippen LogP contribution in [0, 0.1) is 0 Å². The number of hydrogen-bond donors (Lipinski definition) is 3. The molecule has 0 aliphatic carbocycles. The highest BCUT2D eigenvalue weighted by atomic mass is 16.3. The van der Waals surface area contributed by atoms with E-state index in [0.717, 1.165) is 25.7 Å². The Hall–Kier alpha value is -0.120. The second-order valence-corrected chi connectivity index (χ2v) is 6.36. The van der Waals surface area contributed by atoms with E-state index in [0.29, 0.717) is 13.0 Å². The molecule has 116 valence electrons. The van der Waals surface area contributed by atoms with Gasteiger partial charge in [0.1, 0.15) is 0 Å². The summed E-state index contributed by atoms with van der Waals surface area (Å²) < 4.78 is 0. The van der Waals surface area contributed by atoms with Gasteiger partial charge in [0.25, 0.3) is 0 Å². The maximum absolute atomic E-state index is 9.73. The Morgan fingerprint density at radius 3 is 1.63 bits per heavy atom. The lowest BCUT2D eigenvalue weighted by Gasteiger charge is -2.21. The zero-order chi connectivity index (χ0) is 14.6. The molecule has 0 fully saturated rings. The second kappa shape index (κ2) is 11.7. The molecule has 0 spiro atoms. The van der Waals surface area contributed by atoms with Crippen molar-refractivity contribution in [2.45, 2.75) is 96.2 Å². The minimum absolute atomic E-state index is 0.326. The number of aliphatic hydroxyl groups is 3. The van der Waals surface area contributed by atoms with Gasteiger partial charge in [-0.2, -0.15) is 0 Å². The quantitative estimate of drug-likeness (QED) is 0.451. The van der Waals surface area contributed by atoms with Gasteiger partial charge >= 0.3 is 0 Å². The topological polar surface area (TPSA) is 60.7 Å². The minimum Gasteiger partial charge on any atom is -0.396 e. The maximum Gasteiger partial charge on any atom is 0.0616 e. The van der Waals surface area contributed by atoms with Gasteiger partial charge in [-0.3, -0.25) is 0 Å². The van der Waals surface area contributed by atoms with Crippen LogP contribution < -0.4 is 0 Å². The smallest absolute Gasteiger partial charge is 0.0616 e. The van der Waals surface area contributed by atoms with Gasteiger partial charge in [0.05, 0.1) is 11.7 Å². The Balaban J connectivity index is 3.18. The fourth-order valence-electron chi connectivity index (χ4n) is 2.41. The summed E-state index contributed by atoms with van der Waals surface area (Å²) in [6.07, 6.45) is 11.6. The Morgan fingerprint density at radius 1 is 0.789 bits per heavy atom. The minimum atomic E-state index is -0.756. The van der Waals surface area contributed by atoms with Crippen LogP contribution in [0.2, 0.25) is 0 Å². The zero-order valence-corrected chi connectivity index (χ0v) is 12.9. The third-order valence-electron chi connectivity index (χ3n) is 3.43. The SMILES string of the molecule is CC(C)(O)CC(O)CCCCCCCCCCCO. The molecule has 0 aromatic rings. The summed E-state index contributed by atoms with van der Waals surface area (Å²) >= 11 is 0. The van der Waals surface area contributed by atoms with E-state index in [9.17, 15) is 10.2 Å². The van der Waals surface area contributed by atoms with Crippen LogP contribution in [0.15, 0.2) is 0 Å². The van der Waals surface area contributed by atoms with Gasteiger partial charge in [-0.1, -0.05) is 51.4 Å². The fraction of sp³-hybridized carbons (Fsp3) is 1.00. The Kier molecular flexibility index (Phi) is 11.6. The van der Waals surface area contributed by atoms with Crippen LogP contribution in [0.4, 0.5) is 0 Å². The molecule has 0 aliphatic rings. The molecular weight excluding hydrogens is 240 g/mol. The maximum atomic E-state index is 9.73. The van der Waals surface area contributed by atoms with Gasteiger partial charge in [0.2, 0.25) is 0 Å². The Labute approximate surface area is 119 Å². The molecule has 19 heavy (non-hydrogen) atoms. The van der Waals surface area contributed by atoms with Gasteiger partial charge in [-0.15, -0.1) is 0 Å². The van der Waals surface area contributed by atoms with Crippen molar-refractivity contribution >= 4 is 0 Å². The van der Waals surface area contributed by atoms with Crippen molar-refractivity contribution in [3.05, 3.63) is 0 Å². The molecule has 0 radical (unpaired) electrons. The molecular formula is C16H34O3. The van der Waals surface area contributed by atoms with Crippen molar-refractivity contribution in [3.63, 3.8) is 0 Å². The average Bonchev–Trinajstić information content (AvgIpc) is 2.29. The molecule has 3 heteroatoms. The zero-order valence-electron chi connectivity index (χ0n) is 12.9. The average molecular weight is 274 g/mol. The molecule has 0 amide bonds. The first-order valence-corrected chi connectivity index (χ1v) is 7.97. The van der Waals surface area contributed by atoms with Crippen molar-refractivity contribution < 1.29 is 15.3 Å². The van der Waals surface area contributed by atoms with E-state index in [1.165, 1.54) is 38.5 Å². The first kappa shape index (κ1) is 18.9. The van der Waals surface area contributed by atoms with E-state index in [1.54, 1.807) is 13.8 Å². The molecule has 3 nitrogen and oxygen atoms in total. The summed E-state index contributed by atoms with van der Waals surface area (Å²) in [5.41, 5.74) is -0.756. The summed E-state index contributed by atoms with van der Waals surface area (Å²) in [6.45, 7) is 3.81. The third kappa shape index (κ3) is 15.8. The second-order valence-electron chi connectivity index (χ2n) is 6.36. The molecule has 0 rings (SSSR count). The highest BCUT2D eigenvalue weighted by Crippen LogP contribution is 2.16. The Morgan fingerprint density at radius 2 is 1.21 bits per heavy atom. The van der Waals surface area contributed by atoms with Crippen molar-refractivity contribution in [2.24, 2.45) is 0 Å². The van der Waals surface area contributed by atoms with Crippen LogP contribution in [0.1, 0.15) is 84.5 Å². The van der Waals surface area contributed by atoms with Crippen LogP contribution in [0.3, 0.4) is 0 Å². The third-order valence-corrected chi connectivity index (χ3v) is 3.43. The molecule has 0 aromatic heterocycles. The predicted octanol–water partition coefficient (Wildman–Crippen LogP) is 3.40. The lowest BCUT2D eigenvalue weighted by atomic mass is 9.97. The van der Waals surface area contributed by atoms with Crippen LogP contribution in [-0.4, -0.2) is 33.6 Å². The summed E-state index contributed by atoms with van der Waals surface area (Å²) in [5.74, 6) is 0. The van der Waals surface area contributed by atoms with Crippen molar-refractivity contribution in [1.29, 1.82) is 0 Å². The van der Waals surface area contributed by atoms with Gasteiger partial charge in [0, 0.05) is 13.0 Å². The summed E-state index contributed by atoms with van der Waals surface area (Å²) in [5, 5.41) is 27.9. The lowest BCUT2D eigenvalue weighted by molar-refractivity contribution is 0.0150. The highest BCUT2D eigenvalue weighted by Gasteiger charge is 2.17. The summed E-state index contributed by atoms with van der Waals surface area (Å²) in [4.78, 5) is 0. The fourth-order valence-corrected chi connectivity index (χ4v) is 2.41. The van der Waals surface area contributed by atoms with E-state index in [1.807, 2.05) is 0 Å². The number of hydrogen-bond acceptors (Lipinski definition) is 3. The molecule has 1 unspecified atom stereocenters. The van der Waals surface area contributed by atoms with E-state index < -0.39 is 5.60 Å². The predicted molar refractivity (Wildman–Crippen MR) is 80.2 cm³/mol. The largest absolute Gasteiger partial charge is 0.396 e. The number of unbranched alkanes of at least 4 members (excludes halogenated alkanes) is 8. The van der Waals surface area contributed by atoms with Crippen LogP contribution in [0.25, 0.3) is 0 Å². The molecule has 0 aromatic carbocycles. The molecule has 0 aliphatic heterocycles. The van der Waals surface area contributed by atoms with E-state index in [-0.39, 0.29) is 6.10 Å². The van der Waals surface area contributed by atoms with Gasteiger partial charge in [-0.25, -0.2) is 0 Å². The van der Waals surface area contributed by atoms with Crippen LogP contribution >= 0.6 is 0 Å². The van der Waals surface area contributed by atoms with Crippen molar-refractivity contribution in [2.75, 3.05) is 6.61 Å². The monoisotopic (exact) mass is 274 g/mol. The summed E-state index contributed by atoms with van der Waals surface area (Å²) in [6, 6.07) is 0. The van der Waals surface area contributed by atoms with Gasteiger partial charge < -0.3 is 15.3 Å². The Bertz CT molecular complexity index is 187. The molecule has 0 saturated heterocycles. The number of aliphatic hydroxyl groups excluding tert-OH is 2. The molecule has 1 atom stereocenters.